The van der Waals surface area contributed by atoms with Gasteiger partial charge in [0, 0.05) is 16.1 Å². The average molecular weight is 421 g/mol. The molecule has 4 rings (SSSR count). The van der Waals surface area contributed by atoms with Gasteiger partial charge in [0.1, 0.15) is 11.5 Å². The van der Waals surface area contributed by atoms with Gasteiger partial charge in [-0.15, -0.1) is 21.5 Å². The molecule has 8 heteroatoms. The molecule has 30 heavy (non-hydrogen) atoms. The Morgan fingerprint density at radius 1 is 1.03 bits per heavy atom. The number of hydrogen-bond acceptors (Lipinski definition) is 7. The molecule has 0 aliphatic rings. The van der Waals surface area contributed by atoms with Crippen molar-refractivity contribution in [1.29, 1.82) is 0 Å². The van der Waals surface area contributed by atoms with E-state index < -0.39 is 0 Å². The zero-order valence-corrected chi connectivity index (χ0v) is 17.0. The smallest absolute Gasteiger partial charge is 0.254 e. The van der Waals surface area contributed by atoms with Gasteiger partial charge in [0.2, 0.25) is 11.8 Å². The number of ether oxygens (including phenoxy) is 2. The Labute approximate surface area is 177 Å². The molecule has 1 N–H and O–H groups in total. The predicted octanol–water partition coefficient (Wildman–Crippen LogP) is 4.57. The highest BCUT2D eigenvalue weighted by Gasteiger charge is 2.10. The van der Waals surface area contributed by atoms with Crippen molar-refractivity contribution in [3.8, 4) is 23.0 Å². The largest absolute Gasteiger partial charge is 0.497 e. The molecule has 0 saturated carbocycles. The van der Waals surface area contributed by atoms with Crippen LogP contribution >= 0.6 is 11.3 Å². The van der Waals surface area contributed by atoms with Gasteiger partial charge >= 0.3 is 0 Å². The monoisotopic (exact) mass is 421 g/mol. The van der Waals surface area contributed by atoms with Crippen LogP contribution in [0.4, 0.5) is 5.69 Å². The number of amides is 1. The van der Waals surface area contributed by atoms with E-state index in [4.69, 9.17) is 13.9 Å². The summed E-state index contributed by atoms with van der Waals surface area (Å²) in [6.07, 6.45) is 0.365. The van der Waals surface area contributed by atoms with E-state index in [-0.39, 0.29) is 12.5 Å². The fourth-order valence-electron chi connectivity index (χ4n) is 2.72. The lowest BCUT2D eigenvalue weighted by Gasteiger charge is -2.07. The molecule has 2 aromatic carbocycles. The third-order valence-corrected chi connectivity index (χ3v) is 5.10. The van der Waals surface area contributed by atoms with Crippen LogP contribution in [-0.4, -0.2) is 23.2 Å². The van der Waals surface area contributed by atoms with Crippen molar-refractivity contribution in [1.82, 2.24) is 10.2 Å². The number of nitrogens with zero attached hydrogens (tertiary/aromatic N) is 2. The van der Waals surface area contributed by atoms with Crippen LogP contribution in [0.3, 0.4) is 0 Å². The lowest BCUT2D eigenvalue weighted by atomic mass is 10.2. The summed E-state index contributed by atoms with van der Waals surface area (Å²) in [6, 6.07) is 18.4. The summed E-state index contributed by atoms with van der Waals surface area (Å²) in [5.41, 5.74) is 1.51. The molecule has 0 saturated heterocycles. The van der Waals surface area contributed by atoms with E-state index in [0.717, 1.165) is 16.2 Å². The van der Waals surface area contributed by atoms with Crippen molar-refractivity contribution in [2.75, 3.05) is 12.4 Å². The third kappa shape index (κ3) is 5.03. The second kappa shape index (κ2) is 9.23. The minimum absolute atomic E-state index is 0.0527. The summed E-state index contributed by atoms with van der Waals surface area (Å²) in [5.74, 6) is 2.13. The van der Waals surface area contributed by atoms with E-state index in [1.165, 1.54) is 0 Å². The lowest BCUT2D eigenvalue weighted by Crippen LogP contribution is -2.13. The first-order valence-corrected chi connectivity index (χ1v) is 10.1. The Balaban J connectivity index is 1.30. The standard InChI is InChI=1S/C22H19N3O4S/c1-27-17-8-4-15(5-9-17)22-25-24-21(29-22)14-28-18-10-6-16(7-11-18)23-20(26)13-19-3-2-12-30-19/h2-12H,13-14H2,1H3,(H,23,26). The molecule has 1 amide bonds. The first kappa shape index (κ1) is 19.7. The first-order chi connectivity index (χ1) is 14.7. The minimum atomic E-state index is -0.0527. The zero-order chi connectivity index (χ0) is 20.8. The van der Waals surface area contributed by atoms with E-state index >= 15 is 0 Å². The van der Waals surface area contributed by atoms with Crippen molar-refractivity contribution in [3.05, 3.63) is 76.8 Å². The van der Waals surface area contributed by atoms with Crippen LogP contribution in [0.15, 0.2) is 70.5 Å². The summed E-state index contributed by atoms with van der Waals surface area (Å²) in [5, 5.41) is 12.9. The molecule has 0 atom stereocenters. The summed E-state index contributed by atoms with van der Waals surface area (Å²) in [7, 11) is 1.61. The van der Waals surface area contributed by atoms with Crippen LogP contribution in [0, 0.1) is 0 Å². The maximum atomic E-state index is 12.1. The van der Waals surface area contributed by atoms with Gasteiger partial charge in [0.15, 0.2) is 6.61 Å². The van der Waals surface area contributed by atoms with E-state index in [1.807, 2.05) is 41.8 Å². The molecule has 2 aromatic heterocycles. The van der Waals surface area contributed by atoms with Crippen molar-refractivity contribution < 1.29 is 18.7 Å². The average Bonchev–Trinajstić information content (AvgIpc) is 3.45. The molecule has 152 valence electrons. The summed E-state index contributed by atoms with van der Waals surface area (Å²) in [4.78, 5) is 13.1. The SMILES string of the molecule is COc1ccc(-c2nnc(COc3ccc(NC(=O)Cc4cccs4)cc3)o2)cc1. The van der Waals surface area contributed by atoms with Crippen LogP contribution in [0.25, 0.3) is 11.5 Å². The van der Waals surface area contributed by atoms with Crippen molar-refractivity contribution >= 4 is 22.9 Å². The van der Waals surface area contributed by atoms with Gasteiger partial charge in [0.05, 0.1) is 13.5 Å². The number of thiophene rings is 1. The summed E-state index contributed by atoms with van der Waals surface area (Å²) in [6.45, 7) is 0.146. The fraction of sp³-hybridized carbons (Fsp3) is 0.136. The van der Waals surface area contributed by atoms with Gasteiger partial charge < -0.3 is 19.2 Å². The number of rotatable bonds is 8. The van der Waals surface area contributed by atoms with Crippen LogP contribution in [0.2, 0.25) is 0 Å². The van der Waals surface area contributed by atoms with Gasteiger partial charge in [0.25, 0.3) is 5.89 Å². The molecule has 0 bridgehead atoms. The minimum Gasteiger partial charge on any atom is -0.497 e. The van der Waals surface area contributed by atoms with E-state index in [2.05, 4.69) is 15.5 Å². The van der Waals surface area contributed by atoms with Crippen LogP contribution < -0.4 is 14.8 Å². The molecule has 4 aromatic rings. The van der Waals surface area contributed by atoms with Crippen molar-refractivity contribution in [2.24, 2.45) is 0 Å². The summed E-state index contributed by atoms with van der Waals surface area (Å²) < 4.78 is 16.5. The lowest BCUT2D eigenvalue weighted by molar-refractivity contribution is -0.115. The molecule has 0 aliphatic heterocycles. The molecular formula is C22H19N3O4S. The van der Waals surface area contributed by atoms with Crippen molar-refractivity contribution in [3.63, 3.8) is 0 Å². The van der Waals surface area contributed by atoms with Gasteiger partial charge in [-0.3, -0.25) is 4.79 Å². The van der Waals surface area contributed by atoms with E-state index in [0.29, 0.717) is 29.6 Å². The number of carbonyl (C=O) groups excluding carboxylic acids is 1. The maximum absolute atomic E-state index is 12.1. The molecule has 0 radical (unpaired) electrons. The normalized spacial score (nSPS) is 10.6. The second-order valence-electron chi connectivity index (χ2n) is 6.35. The van der Waals surface area contributed by atoms with E-state index in [9.17, 15) is 4.79 Å². The number of anilines is 1. The van der Waals surface area contributed by atoms with Crippen LogP contribution in [-0.2, 0) is 17.8 Å². The Kier molecular flexibility index (Phi) is 6.05. The number of hydrogen-bond donors (Lipinski definition) is 1. The molecule has 0 aliphatic carbocycles. The van der Waals surface area contributed by atoms with Crippen LogP contribution in [0.5, 0.6) is 11.5 Å². The van der Waals surface area contributed by atoms with Crippen LogP contribution in [0.1, 0.15) is 10.8 Å². The zero-order valence-electron chi connectivity index (χ0n) is 16.2. The Morgan fingerprint density at radius 2 is 1.80 bits per heavy atom. The predicted molar refractivity (Wildman–Crippen MR) is 114 cm³/mol. The highest BCUT2D eigenvalue weighted by atomic mass is 32.1. The maximum Gasteiger partial charge on any atom is 0.254 e. The topological polar surface area (TPSA) is 86.5 Å². The fourth-order valence-corrected chi connectivity index (χ4v) is 3.42. The molecule has 0 fully saturated rings. The van der Waals surface area contributed by atoms with Crippen molar-refractivity contribution in [2.45, 2.75) is 13.0 Å². The molecule has 2 heterocycles. The number of carbonyl (C=O) groups is 1. The van der Waals surface area contributed by atoms with Gasteiger partial charge in [-0.25, -0.2) is 0 Å². The van der Waals surface area contributed by atoms with Gasteiger partial charge in [-0.1, -0.05) is 6.07 Å². The number of aromatic nitrogens is 2. The number of methoxy groups -OCH3 is 1. The summed E-state index contributed by atoms with van der Waals surface area (Å²) >= 11 is 1.56. The number of nitrogens with one attached hydrogen (secondary N) is 1. The molecular weight excluding hydrogens is 402 g/mol. The quantitative estimate of drug-likeness (QED) is 0.449. The van der Waals surface area contributed by atoms with E-state index in [1.54, 1.807) is 42.7 Å². The Morgan fingerprint density at radius 3 is 2.50 bits per heavy atom. The van der Waals surface area contributed by atoms with Gasteiger partial charge in [-0.2, -0.15) is 0 Å². The third-order valence-electron chi connectivity index (χ3n) is 4.22. The Bertz CT molecular complexity index is 1090. The second-order valence-corrected chi connectivity index (χ2v) is 7.38. The highest BCUT2D eigenvalue weighted by Crippen LogP contribution is 2.22. The molecule has 7 nitrogen and oxygen atoms in total. The first-order valence-electron chi connectivity index (χ1n) is 9.21. The molecule has 0 unspecified atom stereocenters. The Hall–Kier alpha value is -3.65. The number of benzene rings is 2. The molecule has 0 spiro atoms. The van der Waals surface area contributed by atoms with Gasteiger partial charge in [-0.05, 0) is 60.0 Å². The highest BCUT2D eigenvalue weighted by molar-refractivity contribution is 7.10.